The minimum atomic E-state index is -0.493. The van der Waals surface area contributed by atoms with Crippen molar-refractivity contribution in [2.45, 2.75) is 27.2 Å². The lowest BCUT2D eigenvalue weighted by Crippen LogP contribution is -2.38. The molecule has 0 aliphatic heterocycles. The first kappa shape index (κ1) is 13.0. The van der Waals surface area contributed by atoms with Crippen LogP contribution in [0.3, 0.4) is 0 Å². The fourth-order valence-electron chi connectivity index (χ4n) is 1.72. The smallest absolute Gasteiger partial charge is 0.325 e. The predicted octanol–water partition coefficient (Wildman–Crippen LogP) is 1.88. The van der Waals surface area contributed by atoms with Crippen molar-refractivity contribution in [3.05, 3.63) is 28.8 Å². The Kier molecular flexibility index (Phi) is 4.09. The molecule has 0 bridgehead atoms. The normalized spacial score (nSPS) is 9.82. The van der Waals surface area contributed by atoms with Gasteiger partial charge in [-0.2, -0.15) is 0 Å². The summed E-state index contributed by atoms with van der Waals surface area (Å²) in [5, 5.41) is 11.8. The quantitative estimate of drug-likeness (QED) is 0.465. The van der Waals surface area contributed by atoms with Gasteiger partial charge >= 0.3 is 6.03 Å². The molecule has 0 spiro atoms. The molecule has 5 heteroatoms. The summed E-state index contributed by atoms with van der Waals surface area (Å²) in [5.74, 6) is -0.372. The zero-order valence-corrected chi connectivity index (χ0v) is 10.3. The van der Waals surface area contributed by atoms with Gasteiger partial charge in [0.1, 0.15) is 0 Å². The molecule has 0 saturated heterocycles. The van der Waals surface area contributed by atoms with Gasteiger partial charge in [0.15, 0.2) is 5.96 Å². The van der Waals surface area contributed by atoms with E-state index >= 15 is 0 Å². The molecular formula is C12H18N4O. The lowest BCUT2D eigenvalue weighted by atomic mass is 10.0. The molecule has 0 aromatic heterocycles. The Balaban J connectivity index is 2.91. The molecule has 2 amide bonds. The predicted molar refractivity (Wildman–Crippen MR) is 69.4 cm³/mol. The van der Waals surface area contributed by atoms with Gasteiger partial charge in [-0.1, -0.05) is 19.1 Å². The van der Waals surface area contributed by atoms with Crippen molar-refractivity contribution < 1.29 is 4.79 Å². The Labute approximate surface area is 101 Å². The molecule has 1 rings (SSSR count). The first-order valence-corrected chi connectivity index (χ1v) is 5.46. The van der Waals surface area contributed by atoms with E-state index in [4.69, 9.17) is 11.1 Å². The average Bonchev–Trinajstić information content (AvgIpc) is 2.22. The summed E-state index contributed by atoms with van der Waals surface area (Å²) in [6.07, 6.45) is 0.960. The van der Waals surface area contributed by atoms with Crippen LogP contribution in [0, 0.1) is 19.3 Å². The Morgan fingerprint density at radius 1 is 1.35 bits per heavy atom. The number of hydrogen-bond acceptors (Lipinski definition) is 2. The van der Waals surface area contributed by atoms with Gasteiger partial charge < -0.3 is 11.1 Å². The first-order valence-electron chi connectivity index (χ1n) is 5.46. The zero-order valence-electron chi connectivity index (χ0n) is 10.3. The number of nitrogens with one attached hydrogen (secondary N) is 3. The molecule has 0 saturated carbocycles. The van der Waals surface area contributed by atoms with Crippen LogP contribution in [-0.4, -0.2) is 12.0 Å². The third kappa shape index (κ3) is 3.48. The number of urea groups is 1. The molecule has 0 unspecified atom stereocenters. The number of hydrogen-bond donors (Lipinski definition) is 4. The fourth-order valence-corrected chi connectivity index (χ4v) is 1.72. The van der Waals surface area contributed by atoms with Gasteiger partial charge in [0.05, 0.1) is 0 Å². The summed E-state index contributed by atoms with van der Waals surface area (Å²) < 4.78 is 0. The van der Waals surface area contributed by atoms with E-state index in [9.17, 15) is 4.79 Å². The fraction of sp³-hybridized carbons (Fsp3) is 0.333. The monoisotopic (exact) mass is 234 g/mol. The summed E-state index contributed by atoms with van der Waals surface area (Å²) in [4.78, 5) is 11.4. The molecular weight excluding hydrogens is 216 g/mol. The number of carbonyl (C=O) groups excluding carboxylic acids is 1. The van der Waals surface area contributed by atoms with E-state index < -0.39 is 6.03 Å². The minimum Gasteiger partial charge on any atom is -0.370 e. The zero-order chi connectivity index (χ0) is 13.0. The minimum absolute atomic E-state index is 0.372. The molecule has 1 aromatic carbocycles. The van der Waals surface area contributed by atoms with Crippen molar-refractivity contribution in [3.63, 3.8) is 0 Å². The number of benzene rings is 1. The molecule has 0 radical (unpaired) electrons. The van der Waals surface area contributed by atoms with E-state index in [-0.39, 0.29) is 5.96 Å². The van der Waals surface area contributed by atoms with Crippen molar-refractivity contribution >= 4 is 17.7 Å². The van der Waals surface area contributed by atoms with Crippen molar-refractivity contribution in [2.75, 3.05) is 5.32 Å². The first-order chi connectivity index (χ1) is 7.93. The molecule has 0 atom stereocenters. The number of amides is 2. The van der Waals surface area contributed by atoms with E-state index in [1.54, 1.807) is 0 Å². The third-order valence-corrected chi connectivity index (χ3v) is 2.49. The Bertz CT molecular complexity index is 431. The molecule has 17 heavy (non-hydrogen) atoms. The molecule has 0 aliphatic carbocycles. The summed E-state index contributed by atoms with van der Waals surface area (Å²) in [7, 11) is 0. The van der Waals surface area contributed by atoms with E-state index in [1.165, 1.54) is 5.56 Å². The summed E-state index contributed by atoms with van der Waals surface area (Å²) in [6, 6.07) is 3.58. The van der Waals surface area contributed by atoms with Gasteiger partial charge in [-0.25, -0.2) is 4.79 Å². The van der Waals surface area contributed by atoms with Crippen molar-refractivity contribution in [1.82, 2.24) is 5.32 Å². The number of carbonyl (C=O) groups is 1. The van der Waals surface area contributed by atoms with Crippen molar-refractivity contribution in [3.8, 4) is 0 Å². The SMILES string of the molecule is CCc1cc(C)c(NC(=O)NC(=N)N)c(C)c1. The Hall–Kier alpha value is -2.04. The topological polar surface area (TPSA) is 91.0 Å². The average molecular weight is 234 g/mol. The van der Waals surface area contributed by atoms with E-state index in [0.717, 1.165) is 23.2 Å². The van der Waals surface area contributed by atoms with Crippen LogP contribution in [0.4, 0.5) is 10.5 Å². The maximum Gasteiger partial charge on any atom is 0.325 e. The van der Waals surface area contributed by atoms with E-state index in [0.29, 0.717) is 0 Å². The lowest BCUT2D eigenvalue weighted by Gasteiger charge is -2.13. The van der Waals surface area contributed by atoms with Crippen LogP contribution < -0.4 is 16.4 Å². The highest BCUT2D eigenvalue weighted by Crippen LogP contribution is 2.22. The standard InChI is InChI=1S/C12H18N4O/c1-4-9-5-7(2)10(8(3)6-9)15-12(17)16-11(13)14/h5-6H,4H2,1-3H3,(H5,13,14,15,16,17). The number of nitrogens with two attached hydrogens (primary N) is 1. The second kappa shape index (κ2) is 5.34. The van der Waals surface area contributed by atoms with Crippen LogP contribution in [0.15, 0.2) is 12.1 Å². The molecule has 5 nitrogen and oxygen atoms in total. The van der Waals surface area contributed by atoms with Gasteiger partial charge in [0.25, 0.3) is 0 Å². The van der Waals surface area contributed by atoms with Gasteiger partial charge in [0.2, 0.25) is 0 Å². The van der Waals surface area contributed by atoms with Crippen LogP contribution in [0.25, 0.3) is 0 Å². The molecule has 5 N–H and O–H groups in total. The van der Waals surface area contributed by atoms with Gasteiger partial charge in [-0.3, -0.25) is 10.7 Å². The highest BCUT2D eigenvalue weighted by atomic mass is 16.2. The number of rotatable bonds is 2. The Morgan fingerprint density at radius 3 is 2.29 bits per heavy atom. The van der Waals surface area contributed by atoms with Crippen LogP contribution in [0.1, 0.15) is 23.6 Å². The lowest BCUT2D eigenvalue weighted by molar-refractivity contribution is 0.256. The van der Waals surface area contributed by atoms with Crippen LogP contribution in [0.5, 0.6) is 0 Å². The number of anilines is 1. The summed E-state index contributed by atoms with van der Waals surface area (Å²) in [6.45, 7) is 5.97. The van der Waals surface area contributed by atoms with Crippen molar-refractivity contribution in [2.24, 2.45) is 5.73 Å². The third-order valence-electron chi connectivity index (χ3n) is 2.49. The highest BCUT2D eigenvalue weighted by Gasteiger charge is 2.08. The second-order valence-corrected chi connectivity index (χ2v) is 3.95. The van der Waals surface area contributed by atoms with Gasteiger partial charge in [-0.15, -0.1) is 0 Å². The van der Waals surface area contributed by atoms with E-state index in [1.807, 2.05) is 26.0 Å². The van der Waals surface area contributed by atoms with Crippen LogP contribution in [-0.2, 0) is 6.42 Å². The molecule has 0 aliphatic rings. The van der Waals surface area contributed by atoms with Crippen LogP contribution >= 0.6 is 0 Å². The maximum absolute atomic E-state index is 11.4. The van der Waals surface area contributed by atoms with Gasteiger partial charge in [-0.05, 0) is 37.0 Å². The second-order valence-electron chi connectivity index (χ2n) is 3.95. The summed E-state index contributed by atoms with van der Waals surface area (Å²) >= 11 is 0. The molecule has 92 valence electrons. The summed E-state index contributed by atoms with van der Waals surface area (Å²) in [5.41, 5.74) is 9.08. The number of guanidine groups is 1. The largest absolute Gasteiger partial charge is 0.370 e. The Morgan fingerprint density at radius 2 is 1.88 bits per heavy atom. The number of aryl methyl sites for hydroxylation is 3. The molecule has 0 fully saturated rings. The van der Waals surface area contributed by atoms with Crippen LogP contribution in [0.2, 0.25) is 0 Å². The van der Waals surface area contributed by atoms with Crippen molar-refractivity contribution in [1.29, 1.82) is 5.41 Å². The van der Waals surface area contributed by atoms with Gasteiger partial charge in [0, 0.05) is 5.69 Å². The molecule has 0 heterocycles. The van der Waals surface area contributed by atoms with E-state index in [2.05, 4.69) is 17.6 Å². The maximum atomic E-state index is 11.4. The highest BCUT2D eigenvalue weighted by molar-refractivity contribution is 6.01. The molecule has 1 aromatic rings.